The lowest BCUT2D eigenvalue weighted by atomic mass is 10.1. The standard InChI is InChI=1S/C20H17ClN4/c1-12-13(2)22-19(14-7-3-5-9-16(14)21)11-18(12)23-20-15-8-4-6-10-17(15)24-25-20/h3-11H,1-2H3,(H2,22,23,24,25). The molecule has 124 valence electrons. The molecule has 4 aromatic rings. The lowest BCUT2D eigenvalue weighted by molar-refractivity contribution is 1.11. The molecule has 0 aliphatic rings. The first-order valence-corrected chi connectivity index (χ1v) is 8.44. The van der Waals surface area contributed by atoms with Crippen molar-refractivity contribution in [3.05, 3.63) is 70.9 Å². The second-order valence-electron chi connectivity index (χ2n) is 5.99. The minimum atomic E-state index is 0.689. The van der Waals surface area contributed by atoms with E-state index in [0.29, 0.717) is 5.02 Å². The summed E-state index contributed by atoms with van der Waals surface area (Å²) in [4.78, 5) is 4.70. The van der Waals surface area contributed by atoms with Crippen LogP contribution in [0.2, 0.25) is 5.02 Å². The molecule has 0 atom stereocenters. The minimum Gasteiger partial charge on any atom is -0.338 e. The van der Waals surface area contributed by atoms with E-state index in [9.17, 15) is 0 Å². The van der Waals surface area contributed by atoms with Crippen LogP contribution < -0.4 is 5.32 Å². The van der Waals surface area contributed by atoms with E-state index in [1.165, 1.54) is 0 Å². The number of aryl methyl sites for hydroxylation is 1. The maximum absolute atomic E-state index is 6.35. The molecule has 2 N–H and O–H groups in total. The van der Waals surface area contributed by atoms with E-state index in [1.807, 2.05) is 61.5 Å². The lowest BCUT2D eigenvalue weighted by Gasteiger charge is -2.13. The summed E-state index contributed by atoms with van der Waals surface area (Å²) in [5.41, 5.74) is 5.78. The lowest BCUT2D eigenvalue weighted by Crippen LogP contribution is -2.00. The van der Waals surface area contributed by atoms with Crippen LogP contribution in [0.3, 0.4) is 0 Å². The molecule has 0 aliphatic carbocycles. The van der Waals surface area contributed by atoms with Crippen molar-refractivity contribution in [2.75, 3.05) is 5.32 Å². The highest BCUT2D eigenvalue weighted by Gasteiger charge is 2.12. The molecule has 0 saturated heterocycles. The molecule has 0 fully saturated rings. The van der Waals surface area contributed by atoms with Crippen LogP contribution in [0, 0.1) is 13.8 Å². The number of para-hydroxylation sites is 1. The van der Waals surface area contributed by atoms with Crippen LogP contribution in [0.5, 0.6) is 0 Å². The van der Waals surface area contributed by atoms with Crippen molar-refractivity contribution in [2.45, 2.75) is 13.8 Å². The molecule has 0 amide bonds. The van der Waals surface area contributed by atoms with Gasteiger partial charge in [0, 0.05) is 27.4 Å². The highest BCUT2D eigenvalue weighted by Crippen LogP contribution is 2.32. The van der Waals surface area contributed by atoms with Gasteiger partial charge in [-0.2, -0.15) is 5.10 Å². The molecule has 5 heteroatoms. The Morgan fingerprint density at radius 2 is 1.76 bits per heavy atom. The molecule has 0 radical (unpaired) electrons. The SMILES string of the molecule is Cc1nc(-c2ccccc2Cl)cc(Nc2n[nH]c3ccccc23)c1C. The molecule has 0 saturated carbocycles. The van der Waals surface area contributed by atoms with Gasteiger partial charge in [0.25, 0.3) is 0 Å². The smallest absolute Gasteiger partial charge is 0.160 e. The van der Waals surface area contributed by atoms with Gasteiger partial charge in [0.15, 0.2) is 5.82 Å². The van der Waals surface area contributed by atoms with Gasteiger partial charge in [0.2, 0.25) is 0 Å². The number of aromatic nitrogens is 3. The Kier molecular flexibility index (Phi) is 3.90. The Morgan fingerprint density at radius 1 is 1.00 bits per heavy atom. The van der Waals surface area contributed by atoms with Crippen molar-refractivity contribution in [3.8, 4) is 11.3 Å². The van der Waals surface area contributed by atoms with E-state index >= 15 is 0 Å². The van der Waals surface area contributed by atoms with Gasteiger partial charge in [0.1, 0.15) is 0 Å². The summed E-state index contributed by atoms with van der Waals surface area (Å²) in [6.07, 6.45) is 0. The zero-order valence-electron chi connectivity index (χ0n) is 14.0. The average molecular weight is 349 g/mol. The zero-order valence-corrected chi connectivity index (χ0v) is 14.7. The molecule has 2 aromatic carbocycles. The number of H-pyrrole nitrogens is 1. The Balaban J connectivity index is 1.81. The molecule has 0 bridgehead atoms. The van der Waals surface area contributed by atoms with Crippen molar-refractivity contribution in [3.63, 3.8) is 0 Å². The van der Waals surface area contributed by atoms with Crippen molar-refractivity contribution >= 4 is 34.0 Å². The molecule has 4 rings (SSSR count). The fraction of sp³-hybridized carbons (Fsp3) is 0.100. The van der Waals surface area contributed by atoms with Crippen LogP contribution >= 0.6 is 11.6 Å². The Hall–Kier alpha value is -2.85. The van der Waals surface area contributed by atoms with Crippen LogP contribution in [0.25, 0.3) is 22.2 Å². The predicted molar refractivity (Wildman–Crippen MR) is 104 cm³/mol. The topological polar surface area (TPSA) is 53.6 Å². The van der Waals surface area contributed by atoms with E-state index in [2.05, 4.69) is 22.4 Å². The number of nitrogens with one attached hydrogen (secondary N) is 2. The number of fused-ring (bicyclic) bond motifs is 1. The normalized spacial score (nSPS) is 11.0. The van der Waals surface area contributed by atoms with Crippen molar-refractivity contribution in [2.24, 2.45) is 0 Å². The van der Waals surface area contributed by atoms with E-state index in [-0.39, 0.29) is 0 Å². The fourth-order valence-electron chi connectivity index (χ4n) is 2.86. The molecular weight excluding hydrogens is 332 g/mol. The summed E-state index contributed by atoms with van der Waals surface area (Å²) in [5.74, 6) is 0.800. The van der Waals surface area contributed by atoms with Gasteiger partial charge in [-0.3, -0.25) is 10.1 Å². The highest BCUT2D eigenvalue weighted by atomic mass is 35.5. The molecule has 0 unspecified atom stereocenters. The largest absolute Gasteiger partial charge is 0.338 e. The Bertz CT molecular complexity index is 1070. The van der Waals surface area contributed by atoms with Gasteiger partial charge in [-0.1, -0.05) is 41.9 Å². The third-order valence-electron chi connectivity index (χ3n) is 4.39. The Morgan fingerprint density at radius 3 is 2.60 bits per heavy atom. The van der Waals surface area contributed by atoms with Gasteiger partial charge in [-0.15, -0.1) is 0 Å². The first-order valence-electron chi connectivity index (χ1n) is 8.07. The van der Waals surface area contributed by atoms with E-state index in [4.69, 9.17) is 16.6 Å². The molecule has 2 aromatic heterocycles. The van der Waals surface area contributed by atoms with Gasteiger partial charge in [-0.25, -0.2) is 0 Å². The molecule has 25 heavy (non-hydrogen) atoms. The third-order valence-corrected chi connectivity index (χ3v) is 4.72. The van der Waals surface area contributed by atoms with Gasteiger partial charge in [-0.05, 0) is 43.7 Å². The number of hydrogen-bond acceptors (Lipinski definition) is 3. The van der Waals surface area contributed by atoms with E-state index in [0.717, 1.165) is 44.9 Å². The summed E-state index contributed by atoms with van der Waals surface area (Å²) >= 11 is 6.35. The summed E-state index contributed by atoms with van der Waals surface area (Å²) in [7, 11) is 0. The van der Waals surface area contributed by atoms with Crippen molar-refractivity contribution < 1.29 is 0 Å². The van der Waals surface area contributed by atoms with Gasteiger partial charge in [0.05, 0.1) is 11.2 Å². The number of benzene rings is 2. The van der Waals surface area contributed by atoms with Crippen LogP contribution in [-0.2, 0) is 0 Å². The molecule has 2 heterocycles. The Labute approximate surface area is 150 Å². The van der Waals surface area contributed by atoms with Crippen molar-refractivity contribution in [1.29, 1.82) is 0 Å². The fourth-order valence-corrected chi connectivity index (χ4v) is 3.09. The first-order chi connectivity index (χ1) is 12.1. The molecule has 4 nitrogen and oxygen atoms in total. The molecule has 0 aliphatic heterocycles. The number of anilines is 2. The number of rotatable bonds is 3. The third kappa shape index (κ3) is 2.85. The maximum Gasteiger partial charge on any atom is 0.160 e. The minimum absolute atomic E-state index is 0.689. The van der Waals surface area contributed by atoms with Crippen molar-refractivity contribution in [1.82, 2.24) is 15.2 Å². The zero-order chi connectivity index (χ0) is 17.4. The highest BCUT2D eigenvalue weighted by molar-refractivity contribution is 6.33. The average Bonchev–Trinajstić information content (AvgIpc) is 3.02. The summed E-state index contributed by atoms with van der Waals surface area (Å²) in [6, 6.07) is 17.8. The number of nitrogens with zero attached hydrogens (tertiary/aromatic N) is 2. The molecule has 0 spiro atoms. The summed E-state index contributed by atoms with van der Waals surface area (Å²) in [6.45, 7) is 4.05. The van der Waals surface area contributed by atoms with E-state index < -0.39 is 0 Å². The van der Waals surface area contributed by atoms with Crippen LogP contribution in [-0.4, -0.2) is 15.2 Å². The van der Waals surface area contributed by atoms with Crippen LogP contribution in [0.1, 0.15) is 11.3 Å². The summed E-state index contributed by atoms with van der Waals surface area (Å²) < 4.78 is 0. The quantitative estimate of drug-likeness (QED) is 0.503. The number of hydrogen-bond donors (Lipinski definition) is 2. The summed E-state index contributed by atoms with van der Waals surface area (Å²) in [5, 5.41) is 12.6. The first kappa shape index (κ1) is 15.7. The number of pyridine rings is 1. The second kappa shape index (κ2) is 6.22. The number of aromatic amines is 1. The second-order valence-corrected chi connectivity index (χ2v) is 6.40. The number of halogens is 1. The van der Waals surface area contributed by atoms with E-state index in [1.54, 1.807) is 0 Å². The monoisotopic (exact) mass is 348 g/mol. The van der Waals surface area contributed by atoms with Gasteiger partial charge >= 0.3 is 0 Å². The molecular formula is C20H17ClN4. The van der Waals surface area contributed by atoms with Gasteiger partial charge < -0.3 is 5.32 Å². The predicted octanol–water partition coefficient (Wildman–Crippen LogP) is 5.64. The van der Waals surface area contributed by atoms with Crippen LogP contribution in [0.15, 0.2) is 54.6 Å². The van der Waals surface area contributed by atoms with Crippen LogP contribution in [0.4, 0.5) is 11.5 Å². The maximum atomic E-state index is 6.35.